The third-order valence-electron chi connectivity index (χ3n) is 3.51. The van der Waals surface area contributed by atoms with E-state index >= 15 is 0 Å². The van der Waals surface area contributed by atoms with E-state index in [0.29, 0.717) is 19.8 Å². The maximum Gasteiger partial charge on any atom is 0.410 e. The number of amides is 1. The highest BCUT2D eigenvalue weighted by molar-refractivity contribution is 5.68. The van der Waals surface area contributed by atoms with Gasteiger partial charge in [-0.15, -0.1) is 0 Å². The lowest BCUT2D eigenvalue weighted by Gasteiger charge is -2.27. The molecular formula is C19H27NO3. The molecule has 1 amide bonds. The molecule has 126 valence electrons. The molecule has 0 aromatic heterocycles. The number of hydrogen-bond acceptors (Lipinski definition) is 3. The number of benzene rings is 1. The summed E-state index contributed by atoms with van der Waals surface area (Å²) < 4.78 is 11.3. The number of nitrogens with zero attached hydrogens (tertiary/aromatic N) is 1. The van der Waals surface area contributed by atoms with Crippen molar-refractivity contribution in [3.63, 3.8) is 0 Å². The van der Waals surface area contributed by atoms with Crippen molar-refractivity contribution in [1.82, 2.24) is 4.90 Å². The normalized spacial score (nSPS) is 15.8. The Morgan fingerprint density at radius 3 is 2.61 bits per heavy atom. The third-order valence-corrected chi connectivity index (χ3v) is 3.51. The molecule has 0 saturated carbocycles. The van der Waals surface area contributed by atoms with Crippen molar-refractivity contribution >= 4 is 6.09 Å². The van der Waals surface area contributed by atoms with Crippen LogP contribution in [0, 0.1) is 0 Å². The zero-order chi connectivity index (χ0) is 16.7. The fraction of sp³-hybridized carbons (Fsp3) is 0.526. The highest BCUT2D eigenvalue weighted by Gasteiger charge is 2.23. The van der Waals surface area contributed by atoms with Crippen molar-refractivity contribution in [3.8, 4) is 0 Å². The Morgan fingerprint density at radius 1 is 1.17 bits per heavy atom. The molecule has 0 spiro atoms. The number of allylic oxidation sites excluding steroid dienone is 1. The summed E-state index contributed by atoms with van der Waals surface area (Å²) in [7, 11) is 0. The highest BCUT2D eigenvalue weighted by Crippen LogP contribution is 2.16. The van der Waals surface area contributed by atoms with E-state index in [2.05, 4.69) is 18.2 Å². The molecule has 1 aliphatic rings. The number of ether oxygens (including phenoxy) is 2. The molecule has 0 saturated heterocycles. The molecule has 0 atom stereocenters. The van der Waals surface area contributed by atoms with Crippen LogP contribution in [0.2, 0.25) is 0 Å². The SMILES string of the molecule is CC(C)(C)OC(=O)N1CCCC=C(COCc2ccccc2)C1. The van der Waals surface area contributed by atoms with Crippen molar-refractivity contribution < 1.29 is 14.3 Å². The van der Waals surface area contributed by atoms with Crippen LogP contribution in [0.25, 0.3) is 0 Å². The molecule has 0 radical (unpaired) electrons. The van der Waals surface area contributed by atoms with E-state index in [0.717, 1.165) is 30.5 Å². The molecule has 1 heterocycles. The van der Waals surface area contributed by atoms with Gasteiger partial charge in [0.15, 0.2) is 0 Å². The third kappa shape index (κ3) is 6.45. The van der Waals surface area contributed by atoms with E-state index in [9.17, 15) is 4.79 Å². The van der Waals surface area contributed by atoms with E-state index < -0.39 is 5.60 Å². The first-order valence-electron chi connectivity index (χ1n) is 8.21. The number of carbonyl (C=O) groups is 1. The topological polar surface area (TPSA) is 38.8 Å². The first-order valence-corrected chi connectivity index (χ1v) is 8.21. The quantitative estimate of drug-likeness (QED) is 0.783. The van der Waals surface area contributed by atoms with Crippen molar-refractivity contribution in [3.05, 3.63) is 47.5 Å². The summed E-state index contributed by atoms with van der Waals surface area (Å²) in [5.74, 6) is 0. The fourth-order valence-corrected chi connectivity index (χ4v) is 2.44. The molecule has 2 rings (SSSR count). The van der Waals surface area contributed by atoms with Crippen LogP contribution in [0.3, 0.4) is 0 Å². The largest absolute Gasteiger partial charge is 0.444 e. The molecule has 0 aliphatic carbocycles. The summed E-state index contributed by atoms with van der Waals surface area (Å²) in [6.45, 7) is 8.13. The minimum Gasteiger partial charge on any atom is -0.444 e. The van der Waals surface area contributed by atoms with Gasteiger partial charge in [0.2, 0.25) is 0 Å². The lowest BCUT2D eigenvalue weighted by atomic mass is 10.2. The summed E-state index contributed by atoms with van der Waals surface area (Å²) in [6, 6.07) is 10.1. The predicted molar refractivity (Wildman–Crippen MR) is 91.2 cm³/mol. The Balaban J connectivity index is 1.84. The van der Waals surface area contributed by atoms with Gasteiger partial charge in [0.25, 0.3) is 0 Å². The van der Waals surface area contributed by atoms with Crippen LogP contribution >= 0.6 is 0 Å². The molecule has 4 nitrogen and oxygen atoms in total. The van der Waals surface area contributed by atoms with Gasteiger partial charge in [0, 0.05) is 13.1 Å². The Kier molecular flexibility index (Phi) is 6.22. The van der Waals surface area contributed by atoms with Gasteiger partial charge in [-0.25, -0.2) is 4.79 Å². The average Bonchev–Trinajstić information content (AvgIpc) is 2.72. The van der Waals surface area contributed by atoms with E-state index in [4.69, 9.17) is 9.47 Å². The first-order chi connectivity index (χ1) is 10.9. The van der Waals surface area contributed by atoms with Crippen LogP contribution in [0.5, 0.6) is 0 Å². The van der Waals surface area contributed by atoms with Crippen LogP contribution in [0.1, 0.15) is 39.2 Å². The van der Waals surface area contributed by atoms with Gasteiger partial charge in [0.1, 0.15) is 5.60 Å². The second-order valence-corrected chi connectivity index (χ2v) is 6.88. The first kappa shape index (κ1) is 17.5. The predicted octanol–water partition coefficient (Wildman–Crippen LogP) is 4.16. The summed E-state index contributed by atoms with van der Waals surface area (Å²) in [5.41, 5.74) is 1.84. The van der Waals surface area contributed by atoms with Crippen LogP contribution in [-0.4, -0.2) is 36.3 Å². The number of rotatable bonds is 4. The molecule has 0 fully saturated rings. The Labute approximate surface area is 139 Å². The molecule has 4 heteroatoms. The smallest absolute Gasteiger partial charge is 0.410 e. The lowest BCUT2D eigenvalue weighted by molar-refractivity contribution is 0.0261. The van der Waals surface area contributed by atoms with Crippen LogP contribution in [-0.2, 0) is 16.1 Å². The maximum absolute atomic E-state index is 12.2. The van der Waals surface area contributed by atoms with Crippen molar-refractivity contribution in [2.75, 3.05) is 19.7 Å². The van der Waals surface area contributed by atoms with Crippen molar-refractivity contribution in [1.29, 1.82) is 0 Å². The minimum absolute atomic E-state index is 0.242. The standard InChI is InChI=1S/C19H27NO3/c1-19(2,3)23-18(21)20-12-8-7-11-17(13-20)15-22-14-16-9-5-4-6-10-16/h4-6,9-11H,7-8,12-15H2,1-3H3. The van der Waals surface area contributed by atoms with E-state index in [1.54, 1.807) is 4.90 Å². The number of hydrogen-bond donors (Lipinski definition) is 0. The van der Waals surface area contributed by atoms with Crippen LogP contribution < -0.4 is 0 Å². The molecule has 0 unspecified atom stereocenters. The van der Waals surface area contributed by atoms with E-state index in [1.165, 1.54) is 0 Å². The molecule has 0 N–H and O–H groups in total. The fourth-order valence-electron chi connectivity index (χ4n) is 2.44. The van der Waals surface area contributed by atoms with Gasteiger partial charge in [-0.3, -0.25) is 0 Å². The van der Waals surface area contributed by atoms with E-state index in [1.807, 2.05) is 39.0 Å². The van der Waals surface area contributed by atoms with Gasteiger partial charge in [-0.1, -0.05) is 36.4 Å². The zero-order valence-electron chi connectivity index (χ0n) is 14.4. The monoisotopic (exact) mass is 317 g/mol. The van der Waals surface area contributed by atoms with E-state index in [-0.39, 0.29) is 6.09 Å². The maximum atomic E-state index is 12.2. The summed E-state index contributed by atoms with van der Waals surface area (Å²) in [6.07, 6.45) is 3.88. The minimum atomic E-state index is -0.461. The molecule has 1 aromatic rings. The molecule has 1 aliphatic heterocycles. The summed E-state index contributed by atoms with van der Waals surface area (Å²) >= 11 is 0. The zero-order valence-corrected chi connectivity index (χ0v) is 14.4. The average molecular weight is 317 g/mol. The molecular weight excluding hydrogens is 290 g/mol. The van der Waals surface area contributed by atoms with Gasteiger partial charge in [0.05, 0.1) is 13.2 Å². The van der Waals surface area contributed by atoms with Gasteiger partial charge < -0.3 is 14.4 Å². The Bertz CT molecular complexity index is 531. The summed E-state index contributed by atoms with van der Waals surface area (Å²) in [5, 5.41) is 0. The van der Waals surface area contributed by atoms with Crippen LogP contribution in [0.4, 0.5) is 4.79 Å². The second kappa shape index (κ2) is 8.16. The van der Waals surface area contributed by atoms with Gasteiger partial charge in [-0.05, 0) is 44.7 Å². The van der Waals surface area contributed by atoms with Crippen molar-refractivity contribution in [2.24, 2.45) is 0 Å². The van der Waals surface area contributed by atoms with Crippen molar-refractivity contribution in [2.45, 2.75) is 45.8 Å². The van der Waals surface area contributed by atoms with Gasteiger partial charge >= 0.3 is 6.09 Å². The Morgan fingerprint density at radius 2 is 1.91 bits per heavy atom. The molecule has 1 aromatic carbocycles. The second-order valence-electron chi connectivity index (χ2n) is 6.88. The molecule has 0 bridgehead atoms. The van der Waals surface area contributed by atoms with Crippen LogP contribution in [0.15, 0.2) is 42.0 Å². The Hall–Kier alpha value is -1.81. The number of carbonyl (C=O) groups excluding carboxylic acids is 1. The highest BCUT2D eigenvalue weighted by atomic mass is 16.6. The summed E-state index contributed by atoms with van der Waals surface area (Å²) in [4.78, 5) is 14.0. The van der Waals surface area contributed by atoms with Gasteiger partial charge in [-0.2, -0.15) is 0 Å². The molecule has 23 heavy (non-hydrogen) atoms. The lowest BCUT2D eigenvalue weighted by Crippen LogP contribution is -2.38.